The molecule has 1 aromatic heterocycles. The van der Waals surface area contributed by atoms with Crippen LogP contribution < -0.4 is 0 Å². The molecule has 4 heteroatoms. The molecule has 0 amide bonds. The summed E-state index contributed by atoms with van der Waals surface area (Å²) in [5, 5.41) is 19.0. The molecule has 0 aliphatic carbocycles. The first-order valence-electron chi connectivity index (χ1n) is 12.3. The first-order valence-corrected chi connectivity index (χ1v) is 12.3. The minimum Gasteiger partial charge on any atom is -0.265 e. The summed E-state index contributed by atoms with van der Waals surface area (Å²) in [4.78, 5) is 9.02. The number of pyridine rings is 1. The molecule has 0 saturated heterocycles. The van der Waals surface area contributed by atoms with Gasteiger partial charge in [0.1, 0.15) is 0 Å². The van der Waals surface area contributed by atoms with Crippen LogP contribution in [0, 0.1) is 0 Å². The van der Waals surface area contributed by atoms with Crippen LogP contribution in [0.1, 0.15) is 33.3 Å². The lowest BCUT2D eigenvalue weighted by atomic mass is 9.84. The smallest absolute Gasteiger partial charge is 0.159 e. The van der Waals surface area contributed by atoms with Crippen molar-refractivity contribution in [2.24, 2.45) is 4.99 Å². The van der Waals surface area contributed by atoms with E-state index < -0.39 is 11.1 Å². The van der Waals surface area contributed by atoms with E-state index in [-0.39, 0.29) is 0 Å². The van der Waals surface area contributed by atoms with Crippen molar-refractivity contribution in [3.05, 3.63) is 103 Å². The van der Waals surface area contributed by atoms with Gasteiger partial charge in [-0.3, -0.25) is 9.98 Å². The van der Waals surface area contributed by atoms with Crippen LogP contribution in [0.2, 0.25) is 0 Å². The molecule has 0 N–H and O–H groups in total. The molecule has 0 fully saturated rings. The van der Waals surface area contributed by atoms with Crippen LogP contribution in [-0.2, 0) is 5.21 Å². The Kier molecular flexibility index (Phi) is 4.99. The molecule has 1 aliphatic heterocycles. The summed E-state index contributed by atoms with van der Waals surface area (Å²) in [7, 11) is 0. The Morgan fingerprint density at radius 3 is 1.42 bits per heavy atom. The van der Waals surface area contributed by atoms with Gasteiger partial charge in [-0.1, -0.05) is 78.0 Å². The van der Waals surface area contributed by atoms with Gasteiger partial charge >= 0.3 is 0 Å². The van der Waals surface area contributed by atoms with Gasteiger partial charge in [-0.25, -0.2) is 0 Å². The summed E-state index contributed by atoms with van der Waals surface area (Å²) in [6, 6.07) is 29.6. The second-order valence-electron chi connectivity index (χ2n) is 10.5. The summed E-state index contributed by atoms with van der Waals surface area (Å²) in [6.45, 7) is 7.94. The fourth-order valence-electron chi connectivity index (χ4n) is 5.20. The fourth-order valence-corrected chi connectivity index (χ4v) is 5.20. The Bertz CT molecular complexity index is 1580. The fraction of sp³-hybridized carbons (Fsp3) is 0.188. The van der Waals surface area contributed by atoms with Gasteiger partial charge < -0.3 is 0 Å². The van der Waals surface area contributed by atoms with Crippen LogP contribution in [0.15, 0.2) is 102 Å². The summed E-state index contributed by atoms with van der Waals surface area (Å²) in [6.07, 6.45) is 3.69. The van der Waals surface area contributed by atoms with Crippen LogP contribution in [-0.4, -0.2) is 27.0 Å². The van der Waals surface area contributed by atoms with Gasteiger partial charge in [-0.2, -0.15) is 5.06 Å². The summed E-state index contributed by atoms with van der Waals surface area (Å²) in [5.41, 5.74) is 4.46. The molecular formula is C32H28N3O. The molecule has 36 heavy (non-hydrogen) atoms. The molecule has 0 saturated carbocycles. The molecular weight excluding hydrogens is 442 g/mol. The van der Waals surface area contributed by atoms with E-state index >= 15 is 0 Å². The Balaban J connectivity index is 1.56. The van der Waals surface area contributed by atoms with Crippen molar-refractivity contribution in [3.8, 4) is 22.3 Å². The first kappa shape index (κ1) is 22.4. The molecule has 1 radical (unpaired) electrons. The second-order valence-corrected chi connectivity index (χ2v) is 10.5. The standard InChI is InChI=1S/C32H28N3O/c1-31(2)32(3,4)35(36)30(34-31)23-15-13-21(14-16-23)28-24-9-5-7-11-26(24)29(22-17-19-33-20-18-22)27-12-8-6-10-25(27)28/h5-20H,1-4H3. The van der Waals surface area contributed by atoms with Crippen LogP contribution in [0.25, 0.3) is 43.8 Å². The van der Waals surface area contributed by atoms with Gasteiger partial charge in [-0.05, 0) is 83.6 Å². The Morgan fingerprint density at radius 1 is 0.583 bits per heavy atom. The molecule has 177 valence electrons. The van der Waals surface area contributed by atoms with Crippen molar-refractivity contribution < 1.29 is 5.21 Å². The van der Waals surface area contributed by atoms with Gasteiger partial charge in [0.15, 0.2) is 5.84 Å². The molecule has 0 spiro atoms. The molecule has 4 nitrogen and oxygen atoms in total. The quantitative estimate of drug-likeness (QED) is 0.254. The van der Waals surface area contributed by atoms with E-state index in [1.807, 2.05) is 52.2 Å². The summed E-state index contributed by atoms with van der Waals surface area (Å²) < 4.78 is 0. The van der Waals surface area contributed by atoms with Gasteiger partial charge in [0, 0.05) is 18.0 Å². The van der Waals surface area contributed by atoms with E-state index in [1.54, 1.807) is 0 Å². The van der Waals surface area contributed by atoms with E-state index in [4.69, 9.17) is 4.99 Å². The van der Waals surface area contributed by atoms with Gasteiger partial charge in [-0.15, -0.1) is 0 Å². The number of nitrogens with zero attached hydrogens (tertiary/aromatic N) is 3. The second kappa shape index (κ2) is 8.00. The zero-order chi connectivity index (χ0) is 25.1. The molecule has 2 heterocycles. The third-order valence-corrected chi connectivity index (χ3v) is 7.91. The minimum absolute atomic E-state index is 0.460. The van der Waals surface area contributed by atoms with Crippen LogP contribution in [0.5, 0.6) is 0 Å². The predicted molar refractivity (Wildman–Crippen MR) is 147 cm³/mol. The van der Waals surface area contributed by atoms with Gasteiger partial charge in [0.2, 0.25) is 0 Å². The van der Waals surface area contributed by atoms with Gasteiger partial charge in [0.25, 0.3) is 0 Å². The van der Waals surface area contributed by atoms with Crippen molar-refractivity contribution in [1.29, 1.82) is 0 Å². The highest BCUT2D eigenvalue weighted by Crippen LogP contribution is 2.44. The number of amidine groups is 1. The number of hydrogen-bond donors (Lipinski definition) is 0. The summed E-state index contributed by atoms with van der Waals surface area (Å²) >= 11 is 0. The number of fused-ring (bicyclic) bond motifs is 2. The normalized spacial score (nSPS) is 16.5. The van der Waals surface area contributed by atoms with Crippen molar-refractivity contribution in [3.63, 3.8) is 0 Å². The van der Waals surface area contributed by atoms with Crippen LogP contribution >= 0.6 is 0 Å². The van der Waals surface area contributed by atoms with E-state index in [2.05, 4.69) is 77.8 Å². The van der Waals surface area contributed by atoms with E-state index in [1.165, 1.54) is 32.7 Å². The van der Waals surface area contributed by atoms with Crippen molar-refractivity contribution in [1.82, 2.24) is 10.0 Å². The molecule has 0 atom stereocenters. The molecule has 0 unspecified atom stereocenters. The number of rotatable bonds is 3. The molecule has 0 bridgehead atoms. The first-order chi connectivity index (χ1) is 17.3. The number of aromatic nitrogens is 1. The van der Waals surface area contributed by atoms with Crippen LogP contribution in [0.4, 0.5) is 0 Å². The monoisotopic (exact) mass is 470 g/mol. The molecule has 5 aromatic rings. The van der Waals surface area contributed by atoms with Crippen molar-refractivity contribution in [2.75, 3.05) is 0 Å². The van der Waals surface area contributed by atoms with Crippen molar-refractivity contribution >= 4 is 27.4 Å². The lowest BCUT2D eigenvalue weighted by Gasteiger charge is -2.35. The maximum atomic E-state index is 13.1. The third kappa shape index (κ3) is 3.25. The molecule has 1 aliphatic rings. The minimum atomic E-state index is -0.601. The van der Waals surface area contributed by atoms with Crippen LogP contribution in [0.3, 0.4) is 0 Å². The molecule has 6 rings (SSSR count). The highest BCUT2D eigenvalue weighted by atomic mass is 16.5. The van der Waals surface area contributed by atoms with Gasteiger partial charge in [0.05, 0.1) is 11.1 Å². The highest BCUT2D eigenvalue weighted by molar-refractivity contribution is 6.21. The zero-order valence-electron chi connectivity index (χ0n) is 21.0. The predicted octanol–water partition coefficient (Wildman–Crippen LogP) is 7.69. The summed E-state index contributed by atoms with van der Waals surface area (Å²) in [5.74, 6) is 0.499. The maximum Gasteiger partial charge on any atom is 0.159 e. The van der Waals surface area contributed by atoms with E-state index in [0.29, 0.717) is 5.84 Å². The number of aliphatic imine (C=N–C) groups is 1. The average molecular weight is 471 g/mol. The van der Waals surface area contributed by atoms with E-state index in [0.717, 1.165) is 21.8 Å². The Morgan fingerprint density at radius 2 is 1.00 bits per heavy atom. The average Bonchev–Trinajstić information content (AvgIpc) is 3.06. The third-order valence-electron chi connectivity index (χ3n) is 7.91. The lowest BCUT2D eigenvalue weighted by Crippen LogP contribution is -2.50. The number of hydrogen-bond acceptors (Lipinski definition) is 3. The lowest BCUT2D eigenvalue weighted by molar-refractivity contribution is -0.158. The van der Waals surface area contributed by atoms with Crippen molar-refractivity contribution in [2.45, 2.75) is 38.8 Å². The van der Waals surface area contributed by atoms with E-state index in [9.17, 15) is 5.21 Å². The number of benzene rings is 4. The highest BCUT2D eigenvalue weighted by Gasteiger charge is 2.50. The zero-order valence-corrected chi connectivity index (χ0v) is 21.0. The topological polar surface area (TPSA) is 48.4 Å². The Hall–Kier alpha value is -4.02. The maximum absolute atomic E-state index is 13.1. The Labute approximate surface area is 211 Å². The largest absolute Gasteiger partial charge is 0.265 e. The molecule has 4 aromatic carbocycles. The SMILES string of the molecule is CC1(C)N=C(c2ccc(-c3c4ccccc4c(-c4ccncc4)c4ccccc34)cc2)N([O])C1(C)C. The number of hydroxylamine groups is 2.